The zero-order valence-electron chi connectivity index (χ0n) is 11.9. The number of nitrogens with one attached hydrogen (secondary N) is 2. The highest BCUT2D eigenvalue weighted by atomic mass is 32.2. The molecular formula is C12H18N2O5S2. The van der Waals surface area contributed by atoms with Crippen molar-refractivity contribution in [3.63, 3.8) is 0 Å². The van der Waals surface area contributed by atoms with Crippen LogP contribution in [0.1, 0.15) is 30.4 Å². The summed E-state index contributed by atoms with van der Waals surface area (Å²) >= 11 is 0.990. The van der Waals surface area contributed by atoms with E-state index in [0.29, 0.717) is 6.54 Å². The van der Waals surface area contributed by atoms with Crippen molar-refractivity contribution in [3.8, 4) is 0 Å². The Morgan fingerprint density at radius 1 is 1.38 bits per heavy atom. The van der Waals surface area contributed by atoms with E-state index in [4.69, 9.17) is 5.11 Å². The summed E-state index contributed by atoms with van der Waals surface area (Å²) in [6.07, 6.45) is 0. The fourth-order valence-electron chi connectivity index (χ4n) is 1.53. The lowest BCUT2D eigenvalue weighted by molar-refractivity contribution is -0.140. The maximum absolute atomic E-state index is 12.1. The van der Waals surface area contributed by atoms with Gasteiger partial charge >= 0.3 is 5.97 Å². The highest BCUT2D eigenvalue weighted by molar-refractivity contribution is 7.89. The average molecular weight is 334 g/mol. The van der Waals surface area contributed by atoms with E-state index < -0.39 is 28.0 Å². The Kier molecular flexibility index (Phi) is 5.87. The zero-order valence-corrected chi connectivity index (χ0v) is 13.5. The molecule has 0 spiro atoms. The number of thiophene rings is 1. The molecule has 0 saturated carbocycles. The van der Waals surface area contributed by atoms with Crippen LogP contribution in [0.25, 0.3) is 0 Å². The van der Waals surface area contributed by atoms with Gasteiger partial charge in [0.05, 0.1) is 9.77 Å². The average Bonchev–Trinajstić information content (AvgIpc) is 2.86. The van der Waals surface area contributed by atoms with Crippen molar-refractivity contribution >= 4 is 33.2 Å². The number of rotatable bonds is 7. The third-order valence-corrected chi connectivity index (χ3v) is 5.16. The number of amides is 1. The molecule has 0 saturated heterocycles. The van der Waals surface area contributed by atoms with Gasteiger partial charge in [-0.2, -0.15) is 4.72 Å². The maximum Gasteiger partial charge on any atom is 0.322 e. The highest BCUT2D eigenvalue weighted by Gasteiger charge is 2.29. The summed E-state index contributed by atoms with van der Waals surface area (Å²) in [5.74, 6) is -2.01. The SMILES string of the molecule is CCNC(=O)c1cc(S(=O)(=O)N[C@H](C(=O)O)C(C)C)cs1. The van der Waals surface area contributed by atoms with Gasteiger partial charge in [-0.1, -0.05) is 13.8 Å². The van der Waals surface area contributed by atoms with E-state index >= 15 is 0 Å². The smallest absolute Gasteiger partial charge is 0.322 e. The number of aliphatic carboxylic acids is 1. The van der Waals surface area contributed by atoms with Crippen LogP contribution in [-0.2, 0) is 14.8 Å². The fourth-order valence-corrected chi connectivity index (χ4v) is 4.06. The van der Waals surface area contributed by atoms with Gasteiger partial charge in [0.2, 0.25) is 10.0 Å². The predicted octanol–water partition coefficient (Wildman–Crippen LogP) is 0.885. The van der Waals surface area contributed by atoms with Crippen LogP contribution in [0.15, 0.2) is 16.3 Å². The Labute approximate surface area is 127 Å². The summed E-state index contributed by atoms with van der Waals surface area (Å²) in [7, 11) is -3.98. The fraction of sp³-hybridized carbons (Fsp3) is 0.500. The van der Waals surface area contributed by atoms with Gasteiger partial charge in [-0.25, -0.2) is 8.42 Å². The molecule has 1 heterocycles. The molecule has 1 amide bonds. The Bertz CT molecular complexity index is 621. The molecule has 0 bridgehead atoms. The van der Waals surface area contributed by atoms with Crippen LogP contribution in [0.5, 0.6) is 0 Å². The lowest BCUT2D eigenvalue weighted by atomic mass is 10.1. The largest absolute Gasteiger partial charge is 0.480 e. The topological polar surface area (TPSA) is 113 Å². The second-order valence-electron chi connectivity index (χ2n) is 4.69. The van der Waals surface area contributed by atoms with E-state index in [1.165, 1.54) is 11.4 Å². The highest BCUT2D eigenvalue weighted by Crippen LogP contribution is 2.20. The molecular weight excluding hydrogens is 316 g/mol. The maximum atomic E-state index is 12.1. The summed E-state index contributed by atoms with van der Waals surface area (Å²) in [5.41, 5.74) is 0. The normalized spacial score (nSPS) is 13.1. The molecule has 3 N–H and O–H groups in total. The number of carbonyl (C=O) groups is 2. The number of carbonyl (C=O) groups excluding carboxylic acids is 1. The Morgan fingerprint density at radius 3 is 2.48 bits per heavy atom. The molecule has 0 aliphatic heterocycles. The van der Waals surface area contributed by atoms with Gasteiger partial charge in [-0.05, 0) is 18.9 Å². The van der Waals surface area contributed by atoms with Gasteiger partial charge in [0, 0.05) is 11.9 Å². The predicted molar refractivity (Wildman–Crippen MR) is 78.9 cm³/mol. The van der Waals surface area contributed by atoms with Gasteiger partial charge < -0.3 is 10.4 Å². The van der Waals surface area contributed by atoms with Gasteiger partial charge in [0.15, 0.2) is 0 Å². The van der Waals surface area contributed by atoms with Crippen LogP contribution < -0.4 is 10.0 Å². The molecule has 0 aliphatic carbocycles. The van der Waals surface area contributed by atoms with E-state index in [9.17, 15) is 18.0 Å². The molecule has 118 valence electrons. The number of hydrogen-bond acceptors (Lipinski definition) is 5. The van der Waals surface area contributed by atoms with Crippen LogP contribution in [0.4, 0.5) is 0 Å². The molecule has 1 aromatic rings. The third kappa shape index (κ3) is 4.51. The van der Waals surface area contributed by atoms with Crippen LogP contribution in [0.3, 0.4) is 0 Å². The second kappa shape index (κ2) is 7.01. The first-order valence-corrected chi connectivity index (χ1v) is 8.67. The van der Waals surface area contributed by atoms with E-state index in [2.05, 4.69) is 10.0 Å². The van der Waals surface area contributed by atoms with E-state index in [0.717, 1.165) is 11.3 Å². The summed E-state index contributed by atoms with van der Waals surface area (Å²) < 4.78 is 26.4. The van der Waals surface area contributed by atoms with Crippen molar-refractivity contribution < 1.29 is 23.1 Å². The van der Waals surface area contributed by atoms with E-state index in [1.807, 2.05) is 0 Å². The minimum absolute atomic E-state index is 0.111. The molecule has 21 heavy (non-hydrogen) atoms. The quantitative estimate of drug-likeness (QED) is 0.685. The second-order valence-corrected chi connectivity index (χ2v) is 7.31. The monoisotopic (exact) mass is 334 g/mol. The minimum Gasteiger partial charge on any atom is -0.480 e. The molecule has 1 atom stereocenters. The molecule has 0 aromatic carbocycles. The molecule has 0 aliphatic rings. The molecule has 7 nitrogen and oxygen atoms in total. The lowest BCUT2D eigenvalue weighted by Crippen LogP contribution is -2.44. The van der Waals surface area contributed by atoms with Crippen LogP contribution in [-0.4, -0.2) is 38.0 Å². The zero-order chi connectivity index (χ0) is 16.2. The summed E-state index contributed by atoms with van der Waals surface area (Å²) in [4.78, 5) is 22.8. The van der Waals surface area contributed by atoms with E-state index in [1.54, 1.807) is 20.8 Å². The van der Waals surface area contributed by atoms with Crippen molar-refractivity contribution in [1.29, 1.82) is 0 Å². The minimum atomic E-state index is -3.98. The molecule has 9 heteroatoms. The summed E-state index contributed by atoms with van der Waals surface area (Å²) in [6, 6.07) is 0.0138. The number of sulfonamides is 1. The van der Waals surface area contributed by atoms with Crippen molar-refractivity contribution in [2.45, 2.75) is 31.7 Å². The number of hydrogen-bond donors (Lipinski definition) is 3. The standard InChI is InChI=1S/C12H18N2O5S2/c1-4-13-11(15)9-5-8(6-20-9)21(18,19)14-10(7(2)3)12(16)17/h5-7,10,14H,4H2,1-3H3,(H,13,15)(H,16,17)/t10-/m0/s1. The first-order valence-electron chi connectivity index (χ1n) is 6.31. The number of carboxylic acid groups (broad SMARTS) is 1. The third-order valence-electron chi connectivity index (χ3n) is 2.66. The van der Waals surface area contributed by atoms with Gasteiger partial charge in [-0.3, -0.25) is 9.59 Å². The first kappa shape index (κ1) is 17.6. The van der Waals surface area contributed by atoms with Gasteiger partial charge in [0.1, 0.15) is 6.04 Å². The van der Waals surface area contributed by atoms with Crippen molar-refractivity contribution in [3.05, 3.63) is 16.3 Å². The molecule has 0 radical (unpaired) electrons. The summed E-state index contributed by atoms with van der Waals surface area (Å²) in [5, 5.41) is 12.9. The molecule has 0 fully saturated rings. The van der Waals surface area contributed by atoms with E-state index in [-0.39, 0.29) is 15.7 Å². The van der Waals surface area contributed by atoms with Gasteiger partial charge in [0.25, 0.3) is 5.91 Å². The summed E-state index contributed by atoms with van der Waals surface area (Å²) in [6.45, 7) is 5.40. The number of carboxylic acids is 1. The lowest BCUT2D eigenvalue weighted by Gasteiger charge is -2.17. The molecule has 0 unspecified atom stereocenters. The van der Waals surface area contributed by atoms with Crippen LogP contribution >= 0.6 is 11.3 Å². The molecule has 1 rings (SSSR count). The molecule has 1 aromatic heterocycles. The van der Waals surface area contributed by atoms with Crippen LogP contribution in [0.2, 0.25) is 0 Å². The Morgan fingerprint density at radius 2 is 2.00 bits per heavy atom. The van der Waals surface area contributed by atoms with Crippen molar-refractivity contribution in [2.24, 2.45) is 5.92 Å². The van der Waals surface area contributed by atoms with Crippen molar-refractivity contribution in [1.82, 2.24) is 10.0 Å². The Hall–Kier alpha value is -1.45. The van der Waals surface area contributed by atoms with Crippen LogP contribution in [0, 0.1) is 5.92 Å². The van der Waals surface area contributed by atoms with Crippen molar-refractivity contribution in [2.75, 3.05) is 6.54 Å². The first-order chi connectivity index (χ1) is 9.69. The Balaban J connectivity index is 2.98. The van der Waals surface area contributed by atoms with Gasteiger partial charge in [-0.15, -0.1) is 11.3 Å².